The van der Waals surface area contributed by atoms with E-state index in [-0.39, 0.29) is 18.6 Å². The third kappa shape index (κ3) is 4.60. The molecule has 4 heteroatoms. The Hall–Kier alpha value is -2.33. The minimum Gasteiger partial charge on any atom is -0.484 e. The number of rotatable bonds is 6. The highest BCUT2D eigenvalue weighted by Gasteiger charge is 2.09. The van der Waals surface area contributed by atoms with E-state index in [1.165, 1.54) is 5.56 Å². The van der Waals surface area contributed by atoms with Crippen molar-refractivity contribution in [2.75, 3.05) is 13.2 Å². The normalized spacial score (nSPS) is 11.8. The summed E-state index contributed by atoms with van der Waals surface area (Å²) < 4.78 is 5.54. The number of amides is 1. The lowest BCUT2D eigenvalue weighted by atomic mass is 10.1. The van der Waals surface area contributed by atoms with Gasteiger partial charge in [0.1, 0.15) is 5.75 Å². The molecule has 1 atom stereocenters. The predicted molar refractivity (Wildman–Crippen MR) is 87.8 cm³/mol. The summed E-state index contributed by atoms with van der Waals surface area (Å²) in [6.07, 6.45) is 0. The Kier molecular flexibility index (Phi) is 5.55. The van der Waals surface area contributed by atoms with Gasteiger partial charge in [0.05, 0.1) is 0 Å². The molecule has 2 aromatic carbocycles. The largest absolute Gasteiger partial charge is 0.484 e. The van der Waals surface area contributed by atoms with Gasteiger partial charge in [-0.15, -0.1) is 0 Å². The molecule has 0 aromatic heterocycles. The smallest absolute Gasteiger partial charge is 0.258 e. The second-order valence-electron chi connectivity index (χ2n) is 5.38. The summed E-state index contributed by atoms with van der Waals surface area (Å²) in [6, 6.07) is 15.3. The van der Waals surface area contributed by atoms with E-state index >= 15 is 0 Å². The molecule has 0 radical (unpaired) electrons. The first-order valence-electron chi connectivity index (χ1n) is 7.33. The molecule has 1 unspecified atom stereocenters. The third-order valence-electron chi connectivity index (χ3n) is 3.44. The average molecular weight is 298 g/mol. The molecule has 2 aromatic rings. The molecule has 0 spiro atoms. The van der Waals surface area contributed by atoms with Gasteiger partial charge < -0.3 is 15.8 Å². The van der Waals surface area contributed by atoms with Crippen molar-refractivity contribution in [3.05, 3.63) is 65.2 Å². The van der Waals surface area contributed by atoms with Crippen molar-refractivity contribution in [1.82, 2.24) is 5.32 Å². The number of ether oxygens (including phenoxy) is 1. The SMILES string of the molecule is Cc1ccc(OCC(=O)NCC(N)c2ccccc2)c(C)c1. The van der Waals surface area contributed by atoms with Gasteiger partial charge in [-0.2, -0.15) is 0 Å². The molecule has 4 nitrogen and oxygen atoms in total. The van der Waals surface area contributed by atoms with Crippen molar-refractivity contribution < 1.29 is 9.53 Å². The summed E-state index contributed by atoms with van der Waals surface area (Å²) in [5.41, 5.74) is 9.23. The highest BCUT2D eigenvalue weighted by Crippen LogP contribution is 2.18. The number of nitrogens with one attached hydrogen (secondary N) is 1. The first kappa shape index (κ1) is 16.0. The summed E-state index contributed by atoms with van der Waals surface area (Å²) >= 11 is 0. The first-order chi connectivity index (χ1) is 10.6. The minimum absolute atomic E-state index is 0.00852. The van der Waals surface area contributed by atoms with Crippen LogP contribution in [0.1, 0.15) is 22.7 Å². The van der Waals surface area contributed by atoms with Gasteiger partial charge in [0.15, 0.2) is 6.61 Å². The van der Waals surface area contributed by atoms with Gasteiger partial charge in [-0.25, -0.2) is 0 Å². The number of hydrogen-bond acceptors (Lipinski definition) is 3. The van der Waals surface area contributed by atoms with Crippen LogP contribution in [-0.2, 0) is 4.79 Å². The second kappa shape index (κ2) is 7.61. The number of aryl methyl sites for hydroxylation is 2. The standard InChI is InChI=1S/C18H22N2O2/c1-13-8-9-17(14(2)10-13)22-12-18(21)20-11-16(19)15-6-4-3-5-7-15/h3-10,16H,11-12,19H2,1-2H3,(H,20,21). The monoisotopic (exact) mass is 298 g/mol. The fourth-order valence-electron chi connectivity index (χ4n) is 2.20. The molecule has 0 heterocycles. The fraction of sp³-hybridized carbons (Fsp3) is 0.278. The summed E-state index contributed by atoms with van der Waals surface area (Å²) in [5.74, 6) is 0.555. The molecule has 3 N–H and O–H groups in total. The number of carbonyl (C=O) groups excluding carboxylic acids is 1. The molecule has 22 heavy (non-hydrogen) atoms. The Balaban J connectivity index is 1.78. The lowest BCUT2D eigenvalue weighted by Crippen LogP contribution is -2.35. The van der Waals surface area contributed by atoms with Crippen LogP contribution in [0, 0.1) is 13.8 Å². The fourth-order valence-corrected chi connectivity index (χ4v) is 2.20. The van der Waals surface area contributed by atoms with Crippen molar-refractivity contribution in [2.24, 2.45) is 5.73 Å². The number of nitrogens with two attached hydrogens (primary N) is 1. The van der Waals surface area contributed by atoms with E-state index in [1.54, 1.807) is 0 Å². The van der Waals surface area contributed by atoms with Gasteiger partial charge in [0.2, 0.25) is 0 Å². The summed E-state index contributed by atoms with van der Waals surface area (Å²) in [4.78, 5) is 11.8. The molecule has 116 valence electrons. The predicted octanol–water partition coefficient (Wildman–Crippen LogP) is 2.50. The zero-order valence-corrected chi connectivity index (χ0v) is 13.0. The Morgan fingerprint density at radius 3 is 2.59 bits per heavy atom. The van der Waals surface area contributed by atoms with Crippen LogP contribution in [0.5, 0.6) is 5.75 Å². The number of benzene rings is 2. The van der Waals surface area contributed by atoms with Crippen molar-refractivity contribution >= 4 is 5.91 Å². The van der Waals surface area contributed by atoms with Gasteiger partial charge in [0, 0.05) is 12.6 Å². The second-order valence-corrected chi connectivity index (χ2v) is 5.38. The molecule has 0 saturated heterocycles. The molecular weight excluding hydrogens is 276 g/mol. The summed E-state index contributed by atoms with van der Waals surface area (Å²) in [5, 5.41) is 2.79. The van der Waals surface area contributed by atoms with E-state index in [0.717, 1.165) is 16.9 Å². The number of hydrogen-bond donors (Lipinski definition) is 2. The number of carbonyl (C=O) groups is 1. The van der Waals surface area contributed by atoms with Crippen LogP contribution in [0.25, 0.3) is 0 Å². The van der Waals surface area contributed by atoms with Gasteiger partial charge in [0.25, 0.3) is 5.91 Å². The molecule has 0 fully saturated rings. The Bertz CT molecular complexity index is 626. The molecule has 0 bridgehead atoms. The van der Waals surface area contributed by atoms with Crippen molar-refractivity contribution in [3.63, 3.8) is 0 Å². The average Bonchev–Trinajstić information content (AvgIpc) is 2.52. The summed E-state index contributed by atoms with van der Waals surface area (Å²) in [6.45, 7) is 4.37. The van der Waals surface area contributed by atoms with Crippen LogP contribution in [0.4, 0.5) is 0 Å². The molecular formula is C18H22N2O2. The zero-order chi connectivity index (χ0) is 15.9. The third-order valence-corrected chi connectivity index (χ3v) is 3.44. The van der Waals surface area contributed by atoms with E-state index in [1.807, 2.05) is 62.4 Å². The Morgan fingerprint density at radius 2 is 1.91 bits per heavy atom. The molecule has 0 aliphatic rings. The maximum Gasteiger partial charge on any atom is 0.258 e. The molecule has 0 aliphatic carbocycles. The van der Waals surface area contributed by atoms with E-state index in [9.17, 15) is 4.79 Å². The van der Waals surface area contributed by atoms with Gasteiger partial charge >= 0.3 is 0 Å². The molecule has 0 saturated carbocycles. The van der Waals surface area contributed by atoms with Gasteiger partial charge in [-0.1, -0.05) is 48.0 Å². The quantitative estimate of drug-likeness (QED) is 0.861. The van der Waals surface area contributed by atoms with Gasteiger partial charge in [-0.05, 0) is 31.0 Å². The lowest BCUT2D eigenvalue weighted by molar-refractivity contribution is -0.123. The zero-order valence-electron chi connectivity index (χ0n) is 13.0. The van der Waals surface area contributed by atoms with E-state index in [2.05, 4.69) is 5.32 Å². The highest BCUT2D eigenvalue weighted by molar-refractivity contribution is 5.77. The maximum absolute atomic E-state index is 11.8. The topological polar surface area (TPSA) is 64.3 Å². The maximum atomic E-state index is 11.8. The van der Waals surface area contributed by atoms with Crippen molar-refractivity contribution in [3.8, 4) is 5.75 Å². The van der Waals surface area contributed by atoms with Crippen LogP contribution >= 0.6 is 0 Å². The summed E-state index contributed by atoms with van der Waals surface area (Å²) in [7, 11) is 0. The molecule has 1 amide bonds. The van der Waals surface area contributed by atoms with Crippen LogP contribution in [-0.4, -0.2) is 19.1 Å². The van der Waals surface area contributed by atoms with Crippen LogP contribution in [0.2, 0.25) is 0 Å². The van der Waals surface area contributed by atoms with E-state index in [4.69, 9.17) is 10.5 Å². The van der Waals surface area contributed by atoms with Crippen molar-refractivity contribution in [1.29, 1.82) is 0 Å². The van der Waals surface area contributed by atoms with Crippen LogP contribution in [0.15, 0.2) is 48.5 Å². The van der Waals surface area contributed by atoms with Crippen LogP contribution in [0.3, 0.4) is 0 Å². The Labute approximate surface area is 131 Å². The highest BCUT2D eigenvalue weighted by atomic mass is 16.5. The molecule has 2 rings (SSSR count). The minimum atomic E-state index is -0.216. The lowest BCUT2D eigenvalue weighted by Gasteiger charge is -2.14. The Morgan fingerprint density at radius 1 is 1.18 bits per heavy atom. The van der Waals surface area contributed by atoms with Gasteiger partial charge in [-0.3, -0.25) is 4.79 Å². The van der Waals surface area contributed by atoms with E-state index < -0.39 is 0 Å². The van der Waals surface area contributed by atoms with Crippen molar-refractivity contribution in [2.45, 2.75) is 19.9 Å². The van der Waals surface area contributed by atoms with Crippen LogP contribution < -0.4 is 15.8 Å². The van der Waals surface area contributed by atoms with E-state index in [0.29, 0.717) is 6.54 Å². The first-order valence-corrected chi connectivity index (χ1v) is 7.33. The molecule has 0 aliphatic heterocycles.